The molecule has 0 unspecified atom stereocenters. The fraction of sp³-hybridized carbons (Fsp3) is 0.455. The fourth-order valence-electron chi connectivity index (χ4n) is 3.63. The fourth-order valence-corrected chi connectivity index (χ4v) is 5.00. The van der Waals surface area contributed by atoms with Gasteiger partial charge >= 0.3 is 0 Å². The molecule has 0 bridgehead atoms. The normalized spacial score (nSPS) is 16.0. The molecule has 164 valence electrons. The molecule has 0 spiro atoms. The maximum absolute atomic E-state index is 13.5. The van der Waals surface area contributed by atoms with Gasteiger partial charge in [-0.3, -0.25) is 4.90 Å². The summed E-state index contributed by atoms with van der Waals surface area (Å²) in [5.41, 5.74) is 1.72. The zero-order valence-electron chi connectivity index (χ0n) is 17.2. The van der Waals surface area contributed by atoms with Crippen LogP contribution in [0.25, 0.3) is 0 Å². The molecule has 8 heteroatoms. The Hall–Kier alpha value is -2.00. The molecule has 0 saturated carbocycles. The number of sulfonamides is 1. The molecule has 0 amide bonds. The van der Waals surface area contributed by atoms with Crippen molar-refractivity contribution < 1.29 is 22.7 Å². The van der Waals surface area contributed by atoms with Crippen LogP contribution in [0.2, 0.25) is 0 Å². The Morgan fingerprint density at radius 1 is 1.17 bits per heavy atom. The van der Waals surface area contributed by atoms with Gasteiger partial charge in [0.2, 0.25) is 10.0 Å². The van der Waals surface area contributed by atoms with Gasteiger partial charge in [0.25, 0.3) is 0 Å². The molecule has 2 aromatic rings. The maximum atomic E-state index is 13.5. The van der Waals surface area contributed by atoms with E-state index in [1.54, 1.807) is 6.92 Å². The number of aryl methyl sites for hydroxylation is 1. The summed E-state index contributed by atoms with van der Waals surface area (Å²) in [6.45, 7) is 4.94. The van der Waals surface area contributed by atoms with E-state index in [0.29, 0.717) is 12.1 Å². The lowest BCUT2D eigenvalue weighted by atomic mass is 9.97. The van der Waals surface area contributed by atoms with Crippen molar-refractivity contribution >= 4 is 10.0 Å². The summed E-state index contributed by atoms with van der Waals surface area (Å²) >= 11 is 0. The maximum Gasteiger partial charge on any atom is 0.240 e. The standard InChI is InChI=1S/C22H29FN2O4S/c1-17-2-5-20(23)14-22(17)30(27,28)24-15-18-8-10-25(11-9-18)16-19-3-6-21(7-4-19)29-13-12-26/h2-7,14,18,24,26H,8-13,15-16H2,1H3. The molecule has 1 saturated heterocycles. The van der Waals surface area contributed by atoms with Gasteiger partial charge in [0, 0.05) is 13.1 Å². The Kier molecular flexibility index (Phi) is 7.82. The first-order chi connectivity index (χ1) is 14.4. The molecule has 2 aromatic carbocycles. The van der Waals surface area contributed by atoms with Gasteiger partial charge in [-0.25, -0.2) is 17.5 Å². The largest absolute Gasteiger partial charge is 0.491 e. The molecule has 6 nitrogen and oxygen atoms in total. The number of halogens is 1. The summed E-state index contributed by atoms with van der Waals surface area (Å²) < 4.78 is 46.6. The van der Waals surface area contributed by atoms with Crippen molar-refractivity contribution in [1.82, 2.24) is 9.62 Å². The minimum atomic E-state index is -3.72. The number of nitrogens with zero attached hydrogens (tertiary/aromatic N) is 1. The van der Waals surface area contributed by atoms with Crippen LogP contribution in [0.4, 0.5) is 4.39 Å². The number of aliphatic hydroxyl groups excluding tert-OH is 1. The lowest BCUT2D eigenvalue weighted by Crippen LogP contribution is -2.38. The molecule has 2 N–H and O–H groups in total. The van der Waals surface area contributed by atoms with E-state index in [0.717, 1.165) is 44.3 Å². The highest BCUT2D eigenvalue weighted by molar-refractivity contribution is 7.89. The van der Waals surface area contributed by atoms with Crippen molar-refractivity contribution in [2.75, 3.05) is 32.8 Å². The van der Waals surface area contributed by atoms with Gasteiger partial charge in [0.15, 0.2) is 0 Å². The summed E-state index contributed by atoms with van der Waals surface area (Å²) in [7, 11) is -3.72. The highest BCUT2D eigenvalue weighted by atomic mass is 32.2. The van der Waals surface area contributed by atoms with Gasteiger partial charge in [0.1, 0.15) is 18.2 Å². The molecule has 30 heavy (non-hydrogen) atoms. The molecular weight excluding hydrogens is 407 g/mol. The molecule has 0 radical (unpaired) electrons. The lowest BCUT2D eigenvalue weighted by molar-refractivity contribution is 0.178. The van der Waals surface area contributed by atoms with Crippen LogP contribution in [0.15, 0.2) is 47.4 Å². The van der Waals surface area contributed by atoms with Crippen LogP contribution in [-0.2, 0) is 16.6 Å². The first kappa shape index (κ1) is 22.7. The van der Waals surface area contributed by atoms with Gasteiger partial charge in [-0.2, -0.15) is 0 Å². The van der Waals surface area contributed by atoms with Crippen molar-refractivity contribution in [3.8, 4) is 5.75 Å². The third-order valence-corrected chi connectivity index (χ3v) is 6.96. The summed E-state index contributed by atoms with van der Waals surface area (Å²) in [6, 6.07) is 11.7. The Balaban J connectivity index is 1.46. The third-order valence-electron chi connectivity index (χ3n) is 5.40. The number of rotatable bonds is 9. The number of piperidine rings is 1. The average molecular weight is 437 g/mol. The summed E-state index contributed by atoms with van der Waals surface area (Å²) in [4.78, 5) is 2.36. The number of likely N-dealkylation sites (tertiary alicyclic amines) is 1. The number of hydrogen-bond acceptors (Lipinski definition) is 5. The molecular formula is C22H29FN2O4S. The van der Waals surface area contributed by atoms with E-state index in [2.05, 4.69) is 9.62 Å². The zero-order valence-corrected chi connectivity index (χ0v) is 18.0. The van der Waals surface area contributed by atoms with Gasteiger partial charge in [-0.15, -0.1) is 0 Å². The smallest absolute Gasteiger partial charge is 0.240 e. The van der Waals surface area contributed by atoms with Gasteiger partial charge in [-0.05, 0) is 74.2 Å². The first-order valence-corrected chi connectivity index (χ1v) is 11.7. The molecule has 1 aliphatic rings. The van der Waals surface area contributed by atoms with Crippen LogP contribution in [0, 0.1) is 18.7 Å². The van der Waals surface area contributed by atoms with Crippen molar-refractivity contribution in [3.05, 3.63) is 59.4 Å². The Labute approximate surface area is 177 Å². The van der Waals surface area contributed by atoms with Gasteiger partial charge < -0.3 is 9.84 Å². The van der Waals surface area contributed by atoms with Crippen LogP contribution in [0.3, 0.4) is 0 Å². The number of nitrogens with one attached hydrogen (secondary N) is 1. The molecule has 0 aliphatic carbocycles. The molecule has 0 atom stereocenters. The number of aliphatic hydroxyl groups is 1. The Morgan fingerprint density at radius 2 is 1.87 bits per heavy atom. The van der Waals surface area contributed by atoms with Crippen molar-refractivity contribution in [2.24, 2.45) is 5.92 Å². The monoisotopic (exact) mass is 436 g/mol. The second-order valence-electron chi connectivity index (χ2n) is 7.70. The minimum absolute atomic E-state index is 0.00526. The number of benzene rings is 2. The van der Waals surface area contributed by atoms with Crippen LogP contribution >= 0.6 is 0 Å². The average Bonchev–Trinajstić information content (AvgIpc) is 2.74. The first-order valence-electron chi connectivity index (χ1n) is 10.2. The zero-order chi connectivity index (χ0) is 21.6. The van der Waals surface area contributed by atoms with Crippen LogP contribution < -0.4 is 9.46 Å². The lowest BCUT2D eigenvalue weighted by Gasteiger charge is -2.32. The highest BCUT2D eigenvalue weighted by Crippen LogP contribution is 2.21. The van der Waals surface area contributed by atoms with Crippen LogP contribution in [0.1, 0.15) is 24.0 Å². The van der Waals surface area contributed by atoms with E-state index in [1.807, 2.05) is 24.3 Å². The third kappa shape index (κ3) is 6.25. The van der Waals surface area contributed by atoms with E-state index >= 15 is 0 Å². The minimum Gasteiger partial charge on any atom is -0.491 e. The quantitative estimate of drug-likeness (QED) is 0.632. The van der Waals surface area contributed by atoms with Crippen LogP contribution in [0.5, 0.6) is 5.75 Å². The van der Waals surface area contributed by atoms with Gasteiger partial charge in [0.05, 0.1) is 11.5 Å². The molecule has 0 aromatic heterocycles. The molecule has 3 rings (SSSR count). The Morgan fingerprint density at radius 3 is 2.53 bits per heavy atom. The highest BCUT2D eigenvalue weighted by Gasteiger charge is 2.23. The van der Waals surface area contributed by atoms with Crippen molar-refractivity contribution in [1.29, 1.82) is 0 Å². The van der Waals surface area contributed by atoms with E-state index in [1.165, 1.54) is 17.7 Å². The number of ether oxygens (including phenoxy) is 1. The summed E-state index contributed by atoms with van der Waals surface area (Å²) in [6.07, 6.45) is 1.81. The SMILES string of the molecule is Cc1ccc(F)cc1S(=O)(=O)NCC1CCN(Cc2ccc(OCCO)cc2)CC1. The van der Waals surface area contributed by atoms with Gasteiger partial charge in [-0.1, -0.05) is 18.2 Å². The molecule has 1 heterocycles. The topological polar surface area (TPSA) is 78.9 Å². The van der Waals surface area contributed by atoms with E-state index in [-0.39, 0.29) is 24.0 Å². The predicted molar refractivity (Wildman–Crippen MR) is 113 cm³/mol. The Bertz CT molecular complexity index is 927. The van der Waals surface area contributed by atoms with Crippen LogP contribution in [-0.4, -0.2) is 51.3 Å². The van der Waals surface area contributed by atoms with Crippen molar-refractivity contribution in [2.45, 2.75) is 31.2 Å². The predicted octanol–water partition coefficient (Wildman–Crippen LogP) is 2.70. The molecule has 1 fully saturated rings. The second-order valence-corrected chi connectivity index (χ2v) is 9.43. The second kappa shape index (κ2) is 10.3. The van der Waals surface area contributed by atoms with E-state index < -0.39 is 15.8 Å². The van der Waals surface area contributed by atoms with Crippen molar-refractivity contribution in [3.63, 3.8) is 0 Å². The summed E-state index contributed by atoms with van der Waals surface area (Å²) in [5, 5.41) is 8.80. The van der Waals surface area contributed by atoms with E-state index in [4.69, 9.17) is 9.84 Å². The van der Waals surface area contributed by atoms with E-state index in [9.17, 15) is 12.8 Å². The summed E-state index contributed by atoms with van der Waals surface area (Å²) in [5.74, 6) is 0.453. The molecule has 1 aliphatic heterocycles. The number of hydrogen-bond donors (Lipinski definition) is 2.